The largest absolute Gasteiger partial charge is 0.507 e. The smallest absolute Gasteiger partial charge is 0.276 e. The second-order valence-electron chi connectivity index (χ2n) is 10.5. The second kappa shape index (κ2) is 9.00. The molecule has 9 heteroatoms. The number of imidazole rings is 1. The third-order valence-corrected chi connectivity index (χ3v) is 8.82. The first-order chi connectivity index (χ1) is 14.7. The average molecular weight is 482 g/mol. The van der Waals surface area contributed by atoms with E-state index in [1.165, 1.54) is 10.5 Å². The van der Waals surface area contributed by atoms with Crippen LogP contribution in [0.4, 0.5) is 0 Å². The summed E-state index contributed by atoms with van der Waals surface area (Å²) in [5, 5.41) is 20.3. The lowest BCUT2D eigenvalue weighted by atomic mass is 9.79. The molecule has 0 spiro atoms. The summed E-state index contributed by atoms with van der Waals surface area (Å²) in [7, 11) is -3.69. The minimum absolute atomic E-state index is 0.115. The summed E-state index contributed by atoms with van der Waals surface area (Å²) >= 11 is 1.76. The van der Waals surface area contributed by atoms with Gasteiger partial charge in [-0.1, -0.05) is 41.5 Å². The molecular formula is C23H35N3O4S2. The van der Waals surface area contributed by atoms with Crippen molar-refractivity contribution in [3.8, 4) is 5.75 Å². The number of aromatic amines is 1. The quantitative estimate of drug-likeness (QED) is 0.592. The molecule has 0 unspecified atom stereocenters. The summed E-state index contributed by atoms with van der Waals surface area (Å²) in [5.41, 5.74) is 1.88. The Labute approximate surface area is 195 Å². The Kier molecular flexibility index (Phi) is 7.06. The third kappa shape index (κ3) is 5.32. The van der Waals surface area contributed by atoms with Gasteiger partial charge in [-0.15, -0.1) is 11.8 Å². The predicted octanol–water partition coefficient (Wildman–Crippen LogP) is 4.15. The van der Waals surface area contributed by atoms with Crippen LogP contribution in [0.25, 0.3) is 0 Å². The van der Waals surface area contributed by atoms with Crippen molar-refractivity contribution in [2.45, 2.75) is 87.1 Å². The van der Waals surface area contributed by atoms with Gasteiger partial charge in [0.25, 0.3) is 10.0 Å². The van der Waals surface area contributed by atoms with Crippen LogP contribution in [0, 0.1) is 0 Å². The van der Waals surface area contributed by atoms with E-state index in [4.69, 9.17) is 5.11 Å². The first-order valence-electron chi connectivity index (χ1n) is 10.9. The molecule has 0 radical (unpaired) electrons. The number of nitrogens with one attached hydrogen (secondary N) is 1. The van der Waals surface area contributed by atoms with E-state index in [2.05, 4.69) is 63.6 Å². The number of benzene rings is 1. The minimum Gasteiger partial charge on any atom is -0.507 e. The molecule has 2 aromatic rings. The van der Waals surface area contributed by atoms with Crippen LogP contribution >= 0.6 is 11.8 Å². The zero-order chi connectivity index (χ0) is 23.9. The Balaban J connectivity index is 1.76. The minimum atomic E-state index is -3.69. The van der Waals surface area contributed by atoms with Gasteiger partial charge < -0.3 is 15.2 Å². The Morgan fingerprint density at radius 1 is 1.09 bits per heavy atom. The number of hydrogen-bond acceptors (Lipinski definition) is 6. The molecule has 1 aliphatic rings. The molecule has 0 amide bonds. The lowest BCUT2D eigenvalue weighted by molar-refractivity contribution is 0.277. The third-order valence-electron chi connectivity index (χ3n) is 5.76. The number of phenols is 1. The number of aromatic hydroxyl groups is 1. The summed E-state index contributed by atoms with van der Waals surface area (Å²) in [6.45, 7) is 13.2. The summed E-state index contributed by atoms with van der Waals surface area (Å²) in [5.74, 6) is 0.371. The number of hydrogen-bond donors (Lipinski definition) is 3. The molecule has 2 heterocycles. The van der Waals surface area contributed by atoms with E-state index in [0.717, 1.165) is 28.9 Å². The van der Waals surface area contributed by atoms with Gasteiger partial charge in [-0.3, -0.25) is 0 Å². The first-order valence-corrected chi connectivity index (χ1v) is 13.2. The Bertz CT molecular complexity index is 1020. The van der Waals surface area contributed by atoms with Crippen LogP contribution in [0.5, 0.6) is 5.75 Å². The molecule has 7 nitrogen and oxygen atoms in total. The number of phenolic OH excluding ortho intramolecular Hbond substituents is 1. The fraction of sp³-hybridized carbons (Fsp3) is 0.609. The highest BCUT2D eigenvalue weighted by molar-refractivity contribution is 8.00. The number of nitrogens with zero attached hydrogens (tertiary/aromatic N) is 2. The Morgan fingerprint density at radius 3 is 2.06 bits per heavy atom. The zero-order valence-electron chi connectivity index (χ0n) is 19.8. The number of aliphatic hydroxyl groups excluding tert-OH is 1. The average Bonchev–Trinajstić information content (AvgIpc) is 3.18. The molecule has 1 aliphatic heterocycles. The maximum absolute atomic E-state index is 12.8. The molecular weight excluding hydrogens is 446 g/mol. The molecule has 0 bridgehead atoms. The van der Waals surface area contributed by atoms with E-state index in [1.54, 1.807) is 11.8 Å². The van der Waals surface area contributed by atoms with E-state index in [9.17, 15) is 13.5 Å². The number of piperidine rings is 1. The van der Waals surface area contributed by atoms with Crippen molar-refractivity contribution in [1.29, 1.82) is 0 Å². The lowest BCUT2D eigenvalue weighted by Gasteiger charge is -2.31. The normalized spacial score (nSPS) is 17.1. The molecule has 32 heavy (non-hydrogen) atoms. The Hall–Kier alpha value is -1.55. The summed E-state index contributed by atoms with van der Waals surface area (Å²) in [4.78, 5) is 7.71. The van der Waals surface area contributed by atoms with E-state index in [1.807, 2.05) is 0 Å². The molecule has 3 N–H and O–H groups in total. The van der Waals surface area contributed by atoms with Gasteiger partial charge in [0.1, 0.15) is 5.75 Å². The van der Waals surface area contributed by atoms with Crippen LogP contribution < -0.4 is 0 Å². The van der Waals surface area contributed by atoms with Crippen LogP contribution in [0.3, 0.4) is 0 Å². The van der Waals surface area contributed by atoms with Crippen LogP contribution in [-0.4, -0.2) is 51.2 Å². The SMILES string of the molecule is CC(C)(C)c1cc(SC2CCN(S(=O)(=O)c3ncc(CO)[nH]3)CC2)cc(C(C)(C)C)c1O. The van der Waals surface area contributed by atoms with Gasteiger partial charge >= 0.3 is 0 Å². The van der Waals surface area contributed by atoms with E-state index in [-0.39, 0.29) is 27.8 Å². The molecule has 1 saturated heterocycles. The number of aromatic nitrogens is 2. The molecule has 0 aliphatic carbocycles. The van der Waals surface area contributed by atoms with Gasteiger partial charge in [-0.25, -0.2) is 13.4 Å². The number of aliphatic hydroxyl groups is 1. The van der Waals surface area contributed by atoms with Crippen molar-refractivity contribution in [1.82, 2.24) is 14.3 Å². The summed E-state index contributed by atoms with van der Waals surface area (Å²) < 4.78 is 27.2. The summed E-state index contributed by atoms with van der Waals surface area (Å²) in [6.07, 6.45) is 2.81. The monoisotopic (exact) mass is 481 g/mol. The molecule has 1 aromatic carbocycles. The molecule has 0 atom stereocenters. The lowest BCUT2D eigenvalue weighted by Crippen LogP contribution is -2.39. The maximum atomic E-state index is 12.8. The van der Waals surface area contributed by atoms with Gasteiger partial charge in [0.15, 0.2) is 0 Å². The Morgan fingerprint density at radius 2 is 1.62 bits per heavy atom. The number of thioether (sulfide) groups is 1. The first kappa shape index (κ1) is 25.1. The summed E-state index contributed by atoms with van der Waals surface area (Å²) in [6, 6.07) is 4.16. The topological polar surface area (TPSA) is 107 Å². The molecule has 1 aromatic heterocycles. The second-order valence-corrected chi connectivity index (χ2v) is 13.7. The molecule has 0 saturated carbocycles. The predicted molar refractivity (Wildman–Crippen MR) is 128 cm³/mol. The fourth-order valence-corrected chi connectivity index (χ4v) is 6.46. The van der Waals surface area contributed by atoms with Gasteiger partial charge in [0, 0.05) is 34.4 Å². The molecule has 1 fully saturated rings. The van der Waals surface area contributed by atoms with Crippen LogP contribution in [0.15, 0.2) is 28.4 Å². The zero-order valence-corrected chi connectivity index (χ0v) is 21.4. The van der Waals surface area contributed by atoms with Crippen LogP contribution in [-0.2, 0) is 27.5 Å². The number of rotatable bonds is 5. The molecule has 178 valence electrons. The standard InChI is InChI=1S/C23H35N3O4S2/c1-22(2,3)18-11-17(12-19(20(18)28)23(4,5)6)31-16-7-9-26(10-8-16)32(29,30)21-24-13-15(14-27)25-21/h11-13,16,27-28H,7-10,14H2,1-6H3,(H,24,25). The highest BCUT2D eigenvalue weighted by Crippen LogP contribution is 2.43. The van der Waals surface area contributed by atoms with E-state index in [0.29, 0.717) is 24.5 Å². The van der Waals surface area contributed by atoms with E-state index < -0.39 is 10.0 Å². The van der Waals surface area contributed by atoms with Crippen molar-refractivity contribution in [2.24, 2.45) is 0 Å². The highest BCUT2D eigenvalue weighted by atomic mass is 32.2. The maximum Gasteiger partial charge on any atom is 0.276 e. The van der Waals surface area contributed by atoms with Crippen molar-refractivity contribution in [3.05, 3.63) is 35.2 Å². The van der Waals surface area contributed by atoms with Crippen molar-refractivity contribution < 1.29 is 18.6 Å². The van der Waals surface area contributed by atoms with Crippen LogP contribution in [0.2, 0.25) is 0 Å². The van der Waals surface area contributed by atoms with Crippen molar-refractivity contribution in [3.63, 3.8) is 0 Å². The van der Waals surface area contributed by atoms with Gasteiger partial charge in [0.2, 0.25) is 5.16 Å². The number of sulfonamides is 1. The van der Waals surface area contributed by atoms with Gasteiger partial charge in [-0.05, 0) is 35.8 Å². The fourth-order valence-electron chi connectivity index (χ4n) is 3.87. The van der Waals surface area contributed by atoms with Gasteiger partial charge in [0.05, 0.1) is 18.5 Å². The highest BCUT2D eigenvalue weighted by Gasteiger charge is 2.33. The number of H-pyrrole nitrogens is 1. The van der Waals surface area contributed by atoms with Crippen molar-refractivity contribution in [2.75, 3.05) is 13.1 Å². The van der Waals surface area contributed by atoms with Crippen LogP contribution in [0.1, 0.15) is 71.2 Å². The van der Waals surface area contributed by atoms with Gasteiger partial charge in [-0.2, -0.15) is 4.31 Å². The van der Waals surface area contributed by atoms with Crippen molar-refractivity contribution >= 4 is 21.8 Å². The molecule has 3 rings (SSSR count). The van der Waals surface area contributed by atoms with E-state index >= 15 is 0 Å².